The number of amides is 2. The van der Waals surface area contributed by atoms with Crippen molar-refractivity contribution in [2.75, 3.05) is 4.90 Å². The number of thiazole rings is 1. The molecule has 1 aliphatic heterocycles. The van der Waals surface area contributed by atoms with Gasteiger partial charge in [-0.1, -0.05) is 18.2 Å². The van der Waals surface area contributed by atoms with Crippen LogP contribution in [0.15, 0.2) is 35.8 Å². The number of nitrogens with one attached hydrogen (secondary N) is 1. The first-order valence-corrected chi connectivity index (χ1v) is 8.69. The molecule has 4 rings (SSSR count). The van der Waals surface area contributed by atoms with Gasteiger partial charge in [-0.2, -0.15) is 0 Å². The second-order valence-corrected chi connectivity index (χ2v) is 7.11. The van der Waals surface area contributed by atoms with Gasteiger partial charge in [0.15, 0.2) is 0 Å². The summed E-state index contributed by atoms with van der Waals surface area (Å²) in [7, 11) is 0. The van der Waals surface area contributed by atoms with Gasteiger partial charge < -0.3 is 5.32 Å². The second kappa shape index (κ2) is 5.39. The minimum Gasteiger partial charge on any atom is -0.328 e. The number of carbonyl (C=O) groups is 1. The molecule has 1 aromatic heterocycles. The fraction of sp³-hybridized carbons (Fsp3) is 0.412. The van der Waals surface area contributed by atoms with Crippen LogP contribution in [0.5, 0.6) is 0 Å². The van der Waals surface area contributed by atoms with E-state index in [1.807, 2.05) is 34.7 Å². The van der Waals surface area contributed by atoms with Gasteiger partial charge in [-0.15, -0.1) is 11.3 Å². The van der Waals surface area contributed by atoms with Crippen LogP contribution in [-0.2, 0) is 6.42 Å². The minimum atomic E-state index is 0.00421. The molecular weight excluding hydrogens is 294 g/mol. The summed E-state index contributed by atoms with van der Waals surface area (Å²) in [5, 5.41) is 6.23. The van der Waals surface area contributed by atoms with E-state index >= 15 is 0 Å². The Kier molecular flexibility index (Phi) is 3.37. The molecule has 2 amide bonds. The fourth-order valence-corrected chi connectivity index (χ4v) is 4.06. The Balaban J connectivity index is 1.57. The molecule has 2 atom stereocenters. The Morgan fingerprint density at radius 1 is 1.41 bits per heavy atom. The molecule has 0 saturated heterocycles. The first-order chi connectivity index (χ1) is 10.7. The van der Waals surface area contributed by atoms with E-state index in [-0.39, 0.29) is 18.1 Å². The number of benzene rings is 1. The zero-order chi connectivity index (χ0) is 15.1. The number of hydrogen-bond donors (Lipinski definition) is 1. The van der Waals surface area contributed by atoms with E-state index in [2.05, 4.69) is 23.3 Å². The van der Waals surface area contributed by atoms with Crippen molar-refractivity contribution in [1.82, 2.24) is 10.3 Å². The number of rotatable bonds is 3. The minimum absolute atomic E-state index is 0.00421. The Morgan fingerprint density at radius 3 is 2.95 bits per heavy atom. The summed E-state index contributed by atoms with van der Waals surface area (Å²) in [5.41, 5.74) is 2.29. The van der Waals surface area contributed by atoms with Crippen molar-refractivity contribution in [3.8, 4) is 0 Å². The van der Waals surface area contributed by atoms with Gasteiger partial charge in [0.25, 0.3) is 0 Å². The standard InChI is InChI=1S/C17H19N3OS/c1-11-10-13-4-2-3-5-14(13)20(11)17(21)19-15(12-6-7-12)16-18-8-9-22-16/h2-5,8-9,11-12,15H,6-7,10H2,1H3,(H,19,21)/t11-,15+/m0/s1. The van der Waals surface area contributed by atoms with Crippen molar-refractivity contribution < 1.29 is 4.79 Å². The molecule has 1 N–H and O–H groups in total. The molecule has 1 aromatic carbocycles. The highest BCUT2D eigenvalue weighted by molar-refractivity contribution is 7.09. The first kappa shape index (κ1) is 13.8. The van der Waals surface area contributed by atoms with Crippen LogP contribution in [0.4, 0.5) is 10.5 Å². The molecule has 2 aliphatic rings. The molecule has 0 bridgehead atoms. The van der Waals surface area contributed by atoms with Gasteiger partial charge in [0.1, 0.15) is 5.01 Å². The maximum absolute atomic E-state index is 12.8. The van der Waals surface area contributed by atoms with Crippen LogP contribution in [0.2, 0.25) is 0 Å². The molecule has 1 fully saturated rings. The molecule has 1 saturated carbocycles. The van der Waals surface area contributed by atoms with Gasteiger partial charge in [0, 0.05) is 23.3 Å². The van der Waals surface area contributed by atoms with Crippen LogP contribution in [0, 0.1) is 5.92 Å². The maximum Gasteiger partial charge on any atom is 0.322 e. The number of urea groups is 1. The van der Waals surface area contributed by atoms with E-state index in [4.69, 9.17) is 0 Å². The van der Waals surface area contributed by atoms with E-state index in [0.29, 0.717) is 5.92 Å². The Labute approximate surface area is 134 Å². The number of carbonyl (C=O) groups excluding carboxylic acids is 1. The lowest BCUT2D eigenvalue weighted by molar-refractivity contribution is 0.240. The number of para-hydroxylation sites is 1. The van der Waals surface area contributed by atoms with Gasteiger partial charge in [-0.05, 0) is 43.7 Å². The smallest absolute Gasteiger partial charge is 0.322 e. The summed E-state index contributed by atoms with van der Waals surface area (Å²) in [4.78, 5) is 19.2. The summed E-state index contributed by atoms with van der Waals surface area (Å²) >= 11 is 1.63. The van der Waals surface area contributed by atoms with Crippen LogP contribution in [0.25, 0.3) is 0 Å². The highest BCUT2D eigenvalue weighted by atomic mass is 32.1. The van der Waals surface area contributed by atoms with Crippen molar-refractivity contribution in [2.24, 2.45) is 5.92 Å². The zero-order valence-corrected chi connectivity index (χ0v) is 13.3. The first-order valence-electron chi connectivity index (χ1n) is 7.81. The number of fused-ring (bicyclic) bond motifs is 1. The second-order valence-electron chi connectivity index (χ2n) is 6.19. The molecule has 1 aliphatic carbocycles. The third kappa shape index (κ3) is 2.39. The van der Waals surface area contributed by atoms with Gasteiger partial charge >= 0.3 is 6.03 Å². The van der Waals surface area contributed by atoms with Crippen molar-refractivity contribution in [3.63, 3.8) is 0 Å². The predicted molar refractivity (Wildman–Crippen MR) is 88.2 cm³/mol. The molecule has 2 heterocycles. The van der Waals surface area contributed by atoms with Crippen LogP contribution in [0.1, 0.15) is 36.4 Å². The molecule has 22 heavy (non-hydrogen) atoms. The Bertz CT molecular complexity index is 681. The highest BCUT2D eigenvalue weighted by Crippen LogP contribution is 2.42. The zero-order valence-electron chi connectivity index (χ0n) is 12.5. The summed E-state index contributed by atoms with van der Waals surface area (Å²) in [6, 6.07) is 8.45. The number of aromatic nitrogens is 1. The van der Waals surface area contributed by atoms with E-state index < -0.39 is 0 Å². The number of hydrogen-bond acceptors (Lipinski definition) is 3. The highest BCUT2D eigenvalue weighted by Gasteiger charge is 2.38. The van der Waals surface area contributed by atoms with E-state index in [1.54, 1.807) is 11.3 Å². The lowest BCUT2D eigenvalue weighted by Gasteiger charge is -2.26. The van der Waals surface area contributed by atoms with Gasteiger partial charge in [0.2, 0.25) is 0 Å². The fourth-order valence-electron chi connectivity index (χ4n) is 3.28. The van der Waals surface area contributed by atoms with E-state index in [1.165, 1.54) is 18.4 Å². The van der Waals surface area contributed by atoms with Crippen LogP contribution in [-0.4, -0.2) is 17.1 Å². The Morgan fingerprint density at radius 2 is 2.23 bits per heavy atom. The average Bonchev–Trinajstić information content (AvgIpc) is 3.08. The predicted octanol–water partition coefficient (Wildman–Crippen LogP) is 3.76. The summed E-state index contributed by atoms with van der Waals surface area (Å²) < 4.78 is 0. The topological polar surface area (TPSA) is 45.2 Å². The van der Waals surface area contributed by atoms with E-state index in [9.17, 15) is 4.79 Å². The molecular formula is C17H19N3OS. The van der Waals surface area contributed by atoms with Crippen molar-refractivity contribution >= 4 is 23.1 Å². The lowest BCUT2D eigenvalue weighted by atomic mass is 10.1. The van der Waals surface area contributed by atoms with Crippen LogP contribution >= 0.6 is 11.3 Å². The van der Waals surface area contributed by atoms with Crippen molar-refractivity contribution in [2.45, 2.75) is 38.3 Å². The molecule has 0 radical (unpaired) electrons. The molecule has 2 aromatic rings. The summed E-state index contributed by atoms with van der Waals surface area (Å²) in [5.74, 6) is 0.545. The lowest BCUT2D eigenvalue weighted by Crippen LogP contribution is -2.45. The van der Waals surface area contributed by atoms with Crippen molar-refractivity contribution in [3.05, 3.63) is 46.4 Å². The summed E-state index contributed by atoms with van der Waals surface area (Å²) in [6.45, 7) is 2.11. The van der Waals surface area contributed by atoms with Gasteiger partial charge in [-0.25, -0.2) is 9.78 Å². The molecule has 114 valence electrons. The summed E-state index contributed by atoms with van der Waals surface area (Å²) in [6.07, 6.45) is 5.09. The monoisotopic (exact) mass is 313 g/mol. The maximum atomic E-state index is 12.8. The molecule has 5 heteroatoms. The van der Waals surface area contributed by atoms with Gasteiger partial charge in [-0.3, -0.25) is 4.90 Å². The quantitative estimate of drug-likeness (QED) is 0.938. The molecule has 0 spiro atoms. The molecule has 0 unspecified atom stereocenters. The molecule has 4 nitrogen and oxygen atoms in total. The number of nitrogens with zero attached hydrogens (tertiary/aromatic N) is 2. The Hall–Kier alpha value is -1.88. The number of anilines is 1. The third-order valence-corrected chi connectivity index (χ3v) is 5.37. The van der Waals surface area contributed by atoms with Crippen LogP contribution < -0.4 is 10.2 Å². The largest absolute Gasteiger partial charge is 0.328 e. The van der Waals surface area contributed by atoms with Crippen LogP contribution in [0.3, 0.4) is 0 Å². The SMILES string of the molecule is C[C@H]1Cc2ccccc2N1C(=O)N[C@@H](c1nccs1)C1CC1. The van der Waals surface area contributed by atoms with E-state index in [0.717, 1.165) is 17.1 Å². The average molecular weight is 313 g/mol. The van der Waals surface area contributed by atoms with Gasteiger partial charge in [0.05, 0.1) is 6.04 Å². The third-order valence-electron chi connectivity index (χ3n) is 4.52. The normalized spacial score (nSPS) is 21.5. The van der Waals surface area contributed by atoms with Crippen molar-refractivity contribution in [1.29, 1.82) is 0 Å².